The Kier molecular flexibility index (Phi) is 3.97. The zero-order valence-electron chi connectivity index (χ0n) is 6.14. The molecule has 0 bridgehead atoms. The van der Waals surface area contributed by atoms with Crippen LogP contribution in [0.5, 0.6) is 0 Å². The first kappa shape index (κ1) is 8.70. The average molecular weight is 138 g/mol. The summed E-state index contributed by atoms with van der Waals surface area (Å²) in [5.41, 5.74) is 0.926. The van der Waals surface area contributed by atoms with E-state index in [0.717, 1.165) is 5.57 Å². The van der Waals surface area contributed by atoms with Gasteiger partial charge in [0.15, 0.2) is 0 Å². The minimum absolute atomic E-state index is 0.0720. The second-order valence-electron chi connectivity index (χ2n) is 2.10. The topological polar surface area (TPSA) is 52.9 Å². The van der Waals surface area contributed by atoms with E-state index in [9.17, 15) is 4.79 Å². The molecule has 0 aromatic rings. The minimum atomic E-state index is -0.207. The van der Waals surface area contributed by atoms with Gasteiger partial charge in [-0.1, -0.05) is 5.57 Å². The summed E-state index contributed by atoms with van der Waals surface area (Å²) in [6.45, 7) is 3.72. The highest BCUT2D eigenvalue weighted by molar-refractivity contribution is 5.88. The third-order valence-electron chi connectivity index (χ3n) is 0.761. The van der Waals surface area contributed by atoms with Crippen molar-refractivity contribution in [3.63, 3.8) is 0 Å². The lowest BCUT2D eigenvalue weighted by Gasteiger charge is -1.92. The Balaban J connectivity index is 3.68. The van der Waals surface area contributed by atoms with Gasteiger partial charge >= 0.3 is 0 Å². The fraction of sp³-hybridized carbons (Fsp3) is 0.429. The summed E-state index contributed by atoms with van der Waals surface area (Å²) in [5, 5.41) is 10.5. The molecular weight excluding hydrogens is 128 g/mol. The summed E-state index contributed by atoms with van der Waals surface area (Å²) < 4.78 is 0. The normalized spacial score (nSPS) is 7.70. The van der Waals surface area contributed by atoms with E-state index in [2.05, 4.69) is 5.32 Å². The number of hydrogen-bond acceptors (Lipinski definition) is 2. The van der Waals surface area contributed by atoms with E-state index in [1.54, 1.807) is 0 Å². The van der Waals surface area contributed by atoms with Gasteiger partial charge in [-0.25, -0.2) is 0 Å². The van der Waals surface area contributed by atoms with E-state index in [0.29, 0.717) is 0 Å². The van der Waals surface area contributed by atoms with Crippen molar-refractivity contribution in [1.29, 1.82) is 5.26 Å². The second-order valence-corrected chi connectivity index (χ2v) is 2.10. The van der Waals surface area contributed by atoms with Gasteiger partial charge in [-0.05, 0) is 13.8 Å². The summed E-state index contributed by atoms with van der Waals surface area (Å²) in [6.07, 6.45) is 1.46. The Hall–Kier alpha value is -1.30. The molecule has 0 fully saturated rings. The van der Waals surface area contributed by atoms with Crippen LogP contribution in [0.2, 0.25) is 0 Å². The molecule has 0 aromatic carbocycles. The van der Waals surface area contributed by atoms with Crippen LogP contribution in [0.15, 0.2) is 11.6 Å². The van der Waals surface area contributed by atoms with Crippen molar-refractivity contribution in [1.82, 2.24) is 5.32 Å². The third kappa shape index (κ3) is 4.85. The number of hydrogen-bond donors (Lipinski definition) is 1. The maximum Gasteiger partial charge on any atom is 0.244 e. The molecule has 0 unspecified atom stereocenters. The van der Waals surface area contributed by atoms with Crippen LogP contribution >= 0.6 is 0 Å². The summed E-state index contributed by atoms with van der Waals surface area (Å²) in [7, 11) is 0. The molecule has 0 heterocycles. The van der Waals surface area contributed by atoms with Crippen molar-refractivity contribution in [2.24, 2.45) is 0 Å². The van der Waals surface area contributed by atoms with Crippen molar-refractivity contribution < 1.29 is 4.79 Å². The molecule has 54 valence electrons. The van der Waals surface area contributed by atoms with Gasteiger partial charge in [0.1, 0.15) is 6.54 Å². The Morgan fingerprint density at radius 1 is 1.70 bits per heavy atom. The number of allylic oxidation sites excluding steroid dienone is 1. The molecule has 3 nitrogen and oxygen atoms in total. The Bertz CT molecular complexity index is 184. The Morgan fingerprint density at radius 3 is 2.70 bits per heavy atom. The zero-order chi connectivity index (χ0) is 7.98. The van der Waals surface area contributed by atoms with Crippen LogP contribution < -0.4 is 5.32 Å². The molecule has 10 heavy (non-hydrogen) atoms. The van der Waals surface area contributed by atoms with Crippen molar-refractivity contribution in [3.05, 3.63) is 11.6 Å². The SMILES string of the molecule is CC(C)=CC(=O)NCC#N. The van der Waals surface area contributed by atoms with Crippen molar-refractivity contribution in [2.45, 2.75) is 13.8 Å². The summed E-state index contributed by atoms with van der Waals surface area (Å²) >= 11 is 0. The predicted octanol–water partition coefficient (Wildman–Crippen LogP) is 0.592. The van der Waals surface area contributed by atoms with E-state index in [4.69, 9.17) is 5.26 Å². The smallest absolute Gasteiger partial charge is 0.244 e. The third-order valence-corrected chi connectivity index (χ3v) is 0.761. The first-order valence-corrected chi connectivity index (χ1v) is 2.96. The minimum Gasteiger partial charge on any atom is -0.339 e. The highest BCUT2D eigenvalue weighted by Crippen LogP contribution is 1.86. The number of nitriles is 1. The molecule has 0 aliphatic carbocycles. The van der Waals surface area contributed by atoms with Crippen LogP contribution in [0.1, 0.15) is 13.8 Å². The summed E-state index contributed by atoms with van der Waals surface area (Å²) in [6, 6.07) is 1.81. The lowest BCUT2D eigenvalue weighted by Crippen LogP contribution is -2.21. The monoisotopic (exact) mass is 138 g/mol. The predicted molar refractivity (Wildman–Crippen MR) is 38.1 cm³/mol. The van der Waals surface area contributed by atoms with Crippen LogP contribution in [0.25, 0.3) is 0 Å². The molecule has 0 saturated heterocycles. The van der Waals surface area contributed by atoms with Crippen LogP contribution in [-0.2, 0) is 4.79 Å². The molecular formula is C7H10N2O. The van der Waals surface area contributed by atoms with Crippen molar-refractivity contribution in [2.75, 3.05) is 6.54 Å². The molecule has 1 amide bonds. The highest BCUT2D eigenvalue weighted by Gasteiger charge is 1.91. The number of rotatable bonds is 2. The summed E-state index contributed by atoms with van der Waals surface area (Å²) in [4.78, 5) is 10.7. The van der Waals surface area contributed by atoms with Gasteiger partial charge in [-0.3, -0.25) is 4.79 Å². The number of nitrogens with one attached hydrogen (secondary N) is 1. The number of amides is 1. The van der Waals surface area contributed by atoms with Gasteiger partial charge in [0, 0.05) is 6.08 Å². The molecule has 0 saturated carbocycles. The lowest BCUT2D eigenvalue weighted by atomic mass is 10.3. The average Bonchev–Trinajstić information content (AvgIpc) is 1.82. The fourth-order valence-corrected chi connectivity index (χ4v) is 0.440. The lowest BCUT2D eigenvalue weighted by molar-refractivity contribution is -0.116. The van der Waals surface area contributed by atoms with E-state index < -0.39 is 0 Å². The van der Waals surface area contributed by atoms with Crippen LogP contribution in [0.4, 0.5) is 0 Å². The highest BCUT2D eigenvalue weighted by atomic mass is 16.1. The molecule has 0 spiro atoms. The summed E-state index contributed by atoms with van der Waals surface area (Å²) in [5.74, 6) is -0.207. The van der Waals surface area contributed by atoms with E-state index in [1.165, 1.54) is 6.08 Å². The van der Waals surface area contributed by atoms with Crippen molar-refractivity contribution >= 4 is 5.91 Å². The fourth-order valence-electron chi connectivity index (χ4n) is 0.440. The van der Waals surface area contributed by atoms with Crippen LogP contribution in [0, 0.1) is 11.3 Å². The second kappa shape index (κ2) is 4.57. The number of nitrogens with zero attached hydrogens (tertiary/aromatic N) is 1. The van der Waals surface area contributed by atoms with Gasteiger partial charge in [0.2, 0.25) is 5.91 Å². The first-order valence-electron chi connectivity index (χ1n) is 2.96. The zero-order valence-corrected chi connectivity index (χ0v) is 6.14. The maximum absolute atomic E-state index is 10.7. The molecule has 0 atom stereocenters. The molecule has 1 N–H and O–H groups in total. The quantitative estimate of drug-likeness (QED) is 0.448. The van der Waals surface area contributed by atoms with Crippen LogP contribution in [-0.4, -0.2) is 12.5 Å². The molecule has 0 aliphatic heterocycles. The number of carbonyl (C=O) groups is 1. The molecule has 0 radical (unpaired) electrons. The van der Waals surface area contributed by atoms with Gasteiger partial charge in [0.25, 0.3) is 0 Å². The number of carbonyl (C=O) groups excluding carboxylic acids is 1. The standard InChI is InChI=1S/C7H10N2O/c1-6(2)5-7(10)9-4-3-8/h5H,4H2,1-2H3,(H,9,10). The molecule has 0 rings (SSSR count). The maximum atomic E-state index is 10.7. The Labute approximate surface area is 60.3 Å². The van der Waals surface area contributed by atoms with E-state index >= 15 is 0 Å². The van der Waals surface area contributed by atoms with Gasteiger partial charge in [0.05, 0.1) is 6.07 Å². The molecule has 3 heteroatoms. The van der Waals surface area contributed by atoms with Crippen molar-refractivity contribution in [3.8, 4) is 6.07 Å². The van der Waals surface area contributed by atoms with E-state index in [-0.39, 0.29) is 12.5 Å². The first-order chi connectivity index (χ1) is 4.66. The van der Waals surface area contributed by atoms with Crippen LogP contribution in [0.3, 0.4) is 0 Å². The van der Waals surface area contributed by atoms with E-state index in [1.807, 2.05) is 19.9 Å². The Morgan fingerprint density at radius 2 is 2.30 bits per heavy atom. The molecule has 0 aliphatic rings. The van der Waals surface area contributed by atoms with Gasteiger partial charge < -0.3 is 5.32 Å². The largest absolute Gasteiger partial charge is 0.339 e. The molecule has 0 aromatic heterocycles. The van der Waals surface area contributed by atoms with Gasteiger partial charge in [-0.15, -0.1) is 0 Å². The van der Waals surface area contributed by atoms with Gasteiger partial charge in [-0.2, -0.15) is 5.26 Å².